The molecule has 0 N–H and O–H groups in total. The molecule has 10 heteroatoms. The summed E-state index contributed by atoms with van der Waals surface area (Å²) in [6.45, 7) is 5.29. The number of fused-ring (bicyclic) bond motifs is 1. The molecule has 0 radical (unpaired) electrons. The first-order valence-electron chi connectivity index (χ1n) is 14.3. The molecule has 0 aliphatic carbocycles. The number of unbranched alkanes of at least 4 members (excludes halogenated alkanes) is 2. The monoisotopic (exact) mass is 611 g/mol. The third-order valence-electron chi connectivity index (χ3n) is 6.87. The molecule has 0 bridgehead atoms. The van der Waals surface area contributed by atoms with Gasteiger partial charge in [-0.15, -0.1) is 5.10 Å². The summed E-state index contributed by atoms with van der Waals surface area (Å²) in [5.74, 6) is 1.91. The summed E-state index contributed by atoms with van der Waals surface area (Å²) in [7, 11) is 0. The van der Waals surface area contributed by atoms with E-state index in [0.717, 1.165) is 47.4 Å². The predicted octanol–water partition coefficient (Wildman–Crippen LogP) is 6.84. The normalized spacial score (nSPS) is 11.8. The van der Waals surface area contributed by atoms with E-state index in [4.69, 9.17) is 26.2 Å². The molecule has 0 saturated heterocycles. The first-order valence-corrected chi connectivity index (χ1v) is 15.5. The number of benzene rings is 3. The largest absolute Gasteiger partial charge is 0.494 e. The topological polar surface area (TPSA) is 83.5 Å². The SMILES string of the molecule is CCCCCOc1ccc(-c2nc3s/c(=C\c4cn(-c5ccccc5)nc4-c4ccc(OCC)c(Cl)c4)c(=O)n3n2)cc1. The minimum absolute atomic E-state index is 0.238. The maximum absolute atomic E-state index is 13.5. The number of nitrogens with zero attached hydrogens (tertiary/aromatic N) is 5. The smallest absolute Gasteiger partial charge is 0.291 e. The Kier molecular flexibility index (Phi) is 8.53. The van der Waals surface area contributed by atoms with Crippen molar-refractivity contribution in [2.24, 2.45) is 0 Å². The Morgan fingerprint density at radius 2 is 1.72 bits per heavy atom. The van der Waals surface area contributed by atoms with Crippen LogP contribution in [-0.4, -0.2) is 37.6 Å². The number of hydrogen-bond acceptors (Lipinski definition) is 7. The van der Waals surface area contributed by atoms with Crippen LogP contribution in [0.5, 0.6) is 11.5 Å². The van der Waals surface area contributed by atoms with Gasteiger partial charge in [0.2, 0.25) is 4.96 Å². The maximum atomic E-state index is 13.5. The van der Waals surface area contributed by atoms with Gasteiger partial charge in [-0.05, 0) is 74.0 Å². The third-order valence-corrected chi connectivity index (χ3v) is 8.12. The number of hydrogen-bond donors (Lipinski definition) is 0. The van der Waals surface area contributed by atoms with Crippen molar-refractivity contribution < 1.29 is 9.47 Å². The highest BCUT2D eigenvalue weighted by atomic mass is 35.5. The second-order valence-electron chi connectivity index (χ2n) is 9.92. The molecule has 3 aromatic carbocycles. The van der Waals surface area contributed by atoms with Crippen molar-refractivity contribution in [3.8, 4) is 39.8 Å². The molecule has 8 nitrogen and oxygen atoms in total. The Hall–Kier alpha value is -4.47. The van der Waals surface area contributed by atoms with E-state index in [9.17, 15) is 4.79 Å². The molecule has 0 fully saturated rings. The molecule has 0 amide bonds. The average Bonchev–Trinajstić information content (AvgIpc) is 3.72. The van der Waals surface area contributed by atoms with Crippen LogP contribution in [0.3, 0.4) is 0 Å². The van der Waals surface area contributed by atoms with Crippen molar-refractivity contribution in [1.29, 1.82) is 0 Å². The van der Waals surface area contributed by atoms with Gasteiger partial charge in [0.25, 0.3) is 5.56 Å². The highest BCUT2D eigenvalue weighted by Gasteiger charge is 2.16. The molecule has 218 valence electrons. The molecular formula is C33H30ClN5O3S. The summed E-state index contributed by atoms with van der Waals surface area (Å²) >= 11 is 7.81. The van der Waals surface area contributed by atoms with Gasteiger partial charge in [-0.2, -0.15) is 14.6 Å². The lowest BCUT2D eigenvalue weighted by Crippen LogP contribution is -2.23. The van der Waals surface area contributed by atoms with Crippen LogP contribution < -0.4 is 19.6 Å². The fourth-order valence-electron chi connectivity index (χ4n) is 4.69. The lowest BCUT2D eigenvalue weighted by Gasteiger charge is -2.07. The van der Waals surface area contributed by atoms with Gasteiger partial charge in [-0.1, -0.05) is 60.9 Å². The zero-order chi connectivity index (χ0) is 29.8. The van der Waals surface area contributed by atoms with Gasteiger partial charge in [-0.3, -0.25) is 4.79 Å². The van der Waals surface area contributed by atoms with E-state index in [1.807, 2.05) is 92.0 Å². The second-order valence-corrected chi connectivity index (χ2v) is 11.3. The van der Waals surface area contributed by atoms with Gasteiger partial charge in [0, 0.05) is 22.9 Å². The molecule has 0 aliphatic heterocycles. The Labute approximate surface area is 257 Å². The van der Waals surface area contributed by atoms with Crippen molar-refractivity contribution in [2.75, 3.05) is 13.2 Å². The van der Waals surface area contributed by atoms with Crippen molar-refractivity contribution in [3.05, 3.63) is 104 Å². The Morgan fingerprint density at radius 1 is 0.930 bits per heavy atom. The van der Waals surface area contributed by atoms with E-state index in [2.05, 4.69) is 17.0 Å². The zero-order valence-electron chi connectivity index (χ0n) is 23.9. The Bertz CT molecular complexity index is 1970. The zero-order valence-corrected chi connectivity index (χ0v) is 25.4. The molecule has 6 aromatic rings. The highest BCUT2D eigenvalue weighted by Crippen LogP contribution is 2.32. The lowest BCUT2D eigenvalue weighted by molar-refractivity contribution is 0.306. The maximum Gasteiger partial charge on any atom is 0.291 e. The van der Waals surface area contributed by atoms with E-state index in [-0.39, 0.29) is 5.56 Å². The van der Waals surface area contributed by atoms with E-state index < -0.39 is 0 Å². The van der Waals surface area contributed by atoms with E-state index in [0.29, 0.717) is 45.0 Å². The van der Waals surface area contributed by atoms with E-state index >= 15 is 0 Å². The molecule has 3 heterocycles. The average molecular weight is 612 g/mol. The van der Waals surface area contributed by atoms with Crippen LogP contribution in [0, 0.1) is 0 Å². The van der Waals surface area contributed by atoms with Crippen molar-refractivity contribution in [3.63, 3.8) is 0 Å². The molecule has 0 saturated carbocycles. The minimum atomic E-state index is -0.238. The summed E-state index contributed by atoms with van der Waals surface area (Å²) < 4.78 is 15.1. The predicted molar refractivity (Wildman–Crippen MR) is 172 cm³/mol. The van der Waals surface area contributed by atoms with Gasteiger partial charge in [0.15, 0.2) is 5.82 Å². The van der Waals surface area contributed by atoms with Crippen LogP contribution in [0.25, 0.3) is 39.4 Å². The van der Waals surface area contributed by atoms with E-state index in [1.165, 1.54) is 15.9 Å². The van der Waals surface area contributed by atoms with Crippen molar-refractivity contribution >= 4 is 34.0 Å². The first-order chi connectivity index (χ1) is 21.0. The van der Waals surface area contributed by atoms with Gasteiger partial charge in [-0.25, -0.2) is 4.68 Å². The third kappa shape index (κ3) is 6.18. The van der Waals surface area contributed by atoms with Crippen molar-refractivity contribution in [2.45, 2.75) is 33.1 Å². The fraction of sp³-hybridized carbons (Fsp3) is 0.212. The number of ether oxygens (including phenoxy) is 2. The molecule has 6 rings (SSSR count). The Morgan fingerprint density at radius 3 is 2.44 bits per heavy atom. The summed E-state index contributed by atoms with van der Waals surface area (Å²) in [5.41, 5.74) is 3.73. The number of halogens is 1. The van der Waals surface area contributed by atoms with Crippen LogP contribution in [0.4, 0.5) is 0 Å². The van der Waals surface area contributed by atoms with Crippen LogP contribution in [-0.2, 0) is 0 Å². The standard InChI is InChI=1S/C33H30ClN5O3S/c1-3-5-9-18-42-26-15-12-22(13-16-26)31-35-33-39(37-31)32(40)29(43-33)20-24-21-38(25-10-7-6-8-11-25)36-30(24)23-14-17-28(41-4-2)27(34)19-23/h6-8,10-17,19-21H,3-5,9,18H2,1-2H3/b29-20-. The van der Waals surface area contributed by atoms with Gasteiger partial charge in [0.1, 0.15) is 17.2 Å². The molecule has 0 aliphatic rings. The quantitative estimate of drug-likeness (QED) is 0.149. The fourth-order valence-corrected chi connectivity index (χ4v) is 5.82. The molecule has 0 spiro atoms. The lowest BCUT2D eigenvalue weighted by atomic mass is 10.1. The number of rotatable bonds is 11. The van der Waals surface area contributed by atoms with Crippen LogP contribution in [0.1, 0.15) is 38.7 Å². The Balaban J connectivity index is 1.34. The molecule has 3 aromatic heterocycles. The number of thiazole rings is 1. The summed E-state index contributed by atoms with van der Waals surface area (Å²) in [4.78, 5) is 18.6. The molecular weight excluding hydrogens is 582 g/mol. The second kappa shape index (κ2) is 12.8. The molecule has 0 unspecified atom stereocenters. The minimum Gasteiger partial charge on any atom is -0.494 e. The summed E-state index contributed by atoms with van der Waals surface area (Å²) in [5, 5.41) is 9.88. The number of aromatic nitrogens is 5. The van der Waals surface area contributed by atoms with Crippen LogP contribution >= 0.6 is 22.9 Å². The van der Waals surface area contributed by atoms with Gasteiger partial charge >= 0.3 is 0 Å². The summed E-state index contributed by atoms with van der Waals surface area (Å²) in [6.07, 6.45) is 7.08. The van der Waals surface area contributed by atoms with Gasteiger partial charge in [0.05, 0.1) is 28.5 Å². The highest BCUT2D eigenvalue weighted by molar-refractivity contribution is 7.15. The van der Waals surface area contributed by atoms with Crippen LogP contribution in [0.2, 0.25) is 5.02 Å². The van der Waals surface area contributed by atoms with Crippen LogP contribution in [0.15, 0.2) is 83.8 Å². The molecule has 43 heavy (non-hydrogen) atoms. The van der Waals surface area contributed by atoms with Crippen molar-refractivity contribution in [1.82, 2.24) is 24.4 Å². The number of para-hydroxylation sites is 1. The molecule has 0 atom stereocenters. The van der Waals surface area contributed by atoms with Gasteiger partial charge < -0.3 is 9.47 Å². The summed E-state index contributed by atoms with van der Waals surface area (Å²) in [6, 6.07) is 23.0. The van der Waals surface area contributed by atoms with E-state index in [1.54, 1.807) is 4.68 Å². The first kappa shape index (κ1) is 28.6.